The van der Waals surface area contributed by atoms with Gasteiger partial charge in [-0.3, -0.25) is 0 Å². The normalized spacial score (nSPS) is 10.8. The first-order chi connectivity index (χ1) is 9.16. The second-order valence-corrected chi connectivity index (χ2v) is 3.91. The zero-order valence-electron chi connectivity index (χ0n) is 9.56. The third kappa shape index (κ3) is 1.87. The summed E-state index contributed by atoms with van der Waals surface area (Å²) in [5.41, 5.74) is 7.01. The number of furan rings is 1. The lowest BCUT2D eigenvalue weighted by Gasteiger charge is -2.03. The third-order valence-electron chi connectivity index (χ3n) is 2.71. The lowest BCUT2D eigenvalue weighted by molar-refractivity contribution is 0.439. The van der Waals surface area contributed by atoms with E-state index >= 15 is 0 Å². The van der Waals surface area contributed by atoms with Crippen LogP contribution in [0, 0.1) is 11.6 Å². The van der Waals surface area contributed by atoms with E-state index < -0.39 is 11.6 Å². The number of halogens is 2. The molecule has 0 aliphatic rings. The standard InChI is InChI=1S/C13H8F2N2O2/c14-8-1-2-9(10(15)5-8)11-12(17-19-13(11)16)7-3-4-18-6-7/h1-6H,16H2. The van der Waals surface area contributed by atoms with Crippen LogP contribution >= 0.6 is 0 Å². The molecule has 0 bridgehead atoms. The highest BCUT2D eigenvalue weighted by Gasteiger charge is 2.21. The lowest BCUT2D eigenvalue weighted by Crippen LogP contribution is -1.91. The predicted octanol–water partition coefficient (Wildman–Crippen LogP) is 3.46. The molecule has 0 aliphatic heterocycles. The van der Waals surface area contributed by atoms with E-state index in [1.165, 1.54) is 18.6 Å². The third-order valence-corrected chi connectivity index (χ3v) is 2.71. The Labute approximate surface area is 106 Å². The smallest absolute Gasteiger partial charge is 0.230 e. The summed E-state index contributed by atoms with van der Waals surface area (Å²) < 4.78 is 36.6. The van der Waals surface area contributed by atoms with E-state index in [4.69, 9.17) is 14.7 Å². The summed E-state index contributed by atoms with van der Waals surface area (Å²) in [4.78, 5) is 0. The molecule has 0 unspecified atom stereocenters. The molecule has 19 heavy (non-hydrogen) atoms. The number of aromatic nitrogens is 1. The van der Waals surface area contributed by atoms with Gasteiger partial charge in [-0.15, -0.1) is 0 Å². The van der Waals surface area contributed by atoms with E-state index in [1.807, 2.05) is 0 Å². The van der Waals surface area contributed by atoms with Crippen LogP contribution in [0.15, 0.2) is 45.7 Å². The molecule has 0 radical (unpaired) electrons. The molecule has 1 aromatic carbocycles. The van der Waals surface area contributed by atoms with Crippen molar-refractivity contribution in [1.82, 2.24) is 5.16 Å². The fraction of sp³-hybridized carbons (Fsp3) is 0. The topological polar surface area (TPSA) is 65.2 Å². The van der Waals surface area contributed by atoms with Gasteiger partial charge in [-0.1, -0.05) is 5.16 Å². The summed E-state index contributed by atoms with van der Waals surface area (Å²) in [6, 6.07) is 4.85. The molecule has 3 rings (SSSR count). The number of rotatable bonds is 2. The number of hydrogen-bond donors (Lipinski definition) is 1. The van der Waals surface area contributed by atoms with Crippen LogP contribution in [0.5, 0.6) is 0 Å². The van der Waals surface area contributed by atoms with Crippen molar-refractivity contribution in [2.24, 2.45) is 0 Å². The van der Waals surface area contributed by atoms with Gasteiger partial charge in [0.25, 0.3) is 0 Å². The molecule has 0 aliphatic carbocycles. The van der Waals surface area contributed by atoms with Gasteiger partial charge >= 0.3 is 0 Å². The van der Waals surface area contributed by atoms with Crippen molar-refractivity contribution in [2.45, 2.75) is 0 Å². The van der Waals surface area contributed by atoms with Gasteiger partial charge in [0.15, 0.2) is 0 Å². The van der Waals surface area contributed by atoms with Gasteiger partial charge in [-0.05, 0) is 18.2 Å². The summed E-state index contributed by atoms with van der Waals surface area (Å²) in [6.45, 7) is 0. The van der Waals surface area contributed by atoms with Gasteiger partial charge in [0.1, 0.15) is 17.3 Å². The Morgan fingerprint density at radius 2 is 2.00 bits per heavy atom. The number of nitrogen functional groups attached to an aromatic ring is 1. The van der Waals surface area contributed by atoms with Crippen LogP contribution in [0.4, 0.5) is 14.7 Å². The molecule has 4 nitrogen and oxygen atoms in total. The van der Waals surface area contributed by atoms with E-state index in [1.54, 1.807) is 6.07 Å². The van der Waals surface area contributed by atoms with Gasteiger partial charge in [0, 0.05) is 17.2 Å². The molecule has 0 saturated carbocycles. The summed E-state index contributed by atoms with van der Waals surface area (Å²) >= 11 is 0. The van der Waals surface area contributed by atoms with Crippen molar-refractivity contribution in [1.29, 1.82) is 0 Å². The van der Waals surface area contributed by atoms with Crippen LogP contribution in [-0.2, 0) is 0 Å². The maximum Gasteiger partial charge on any atom is 0.230 e. The number of nitrogens with two attached hydrogens (primary N) is 1. The van der Waals surface area contributed by atoms with Crippen molar-refractivity contribution in [3.05, 3.63) is 48.4 Å². The molecular formula is C13H8F2N2O2. The summed E-state index contributed by atoms with van der Waals surface area (Å²) in [5, 5.41) is 3.78. The van der Waals surface area contributed by atoms with Crippen molar-refractivity contribution in [3.63, 3.8) is 0 Å². The van der Waals surface area contributed by atoms with Gasteiger partial charge in [-0.2, -0.15) is 0 Å². The minimum atomic E-state index is -0.736. The molecule has 0 amide bonds. The van der Waals surface area contributed by atoms with Crippen LogP contribution in [0.25, 0.3) is 22.4 Å². The molecular weight excluding hydrogens is 254 g/mol. The molecule has 3 aromatic rings. The minimum Gasteiger partial charge on any atom is -0.472 e. The molecule has 96 valence electrons. The molecule has 0 fully saturated rings. The van der Waals surface area contributed by atoms with Crippen LogP contribution in [-0.4, -0.2) is 5.16 Å². The van der Waals surface area contributed by atoms with Gasteiger partial charge in [0.2, 0.25) is 5.88 Å². The zero-order valence-corrected chi connectivity index (χ0v) is 9.56. The second kappa shape index (κ2) is 4.24. The molecule has 0 atom stereocenters. The van der Waals surface area contributed by atoms with Crippen molar-refractivity contribution in [2.75, 3.05) is 5.73 Å². The largest absolute Gasteiger partial charge is 0.472 e. The highest BCUT2D eigenvalue weighted by molar-refractivity contribution is 5.86. The SMILES string of the molecule is Nc1onc(-c2ccoc2)c1-c1ccc(F)cc1F. The molecule has 0 spiro atoms. The van der Waals surface area contributed by atoms with Crippen LogP contribution < -0.4 is 5.73 Å². The van der Waals surface area contributed by atoms with E-state index in [9.17, 15) is 8.78 Å². The van der Waals surface area contributed by atoms with Crippen LogP contribution in [0.3, 0.4) is 0 Å². The maximum absolute atomic E-state index is 13.8. The number of hydrogen-bond acceptors (Lipinski definition) is 4. The summed E-state index contributed by atoms with van der Waals surface area (Å²) in [7, 11) is 0. The zero-order chi connectivity index (χ0) is 13.4. The number of benzene rings is 1. The first kappa shape index (κ1) is 11.5. The van der Waals surface area contributed by atoms with Gasteiger partial charge in [-0.25, -0.2) is 8.78 Å². The average Bonchev–Trinajstić information content (AvgIpc) is 2.99. The molecule has 2 heterocycles. The minimum absolute atomic E-state index is 0.0401. The van der Waals surface area contributed by atoms with E-state index in [0.29, 0.717) is 11.3 Å². The van der Waals surface area contributed by atoms with Crippen molar-refractivity contribution >= 4 is 5.88 Å². The van der Waals surface area contributed by atoms with E-state index in [-0.39, 0.29) is 17.0 Å². The Morgan fingerprint density at radius 3 is 2.68 bits per heavy atom. The van der Waals surface area contributed by atoms with Crippen LogP contribution in [0.2, 0.25) is 0 Å². The van der Waals surface area contributed by atoms with Crippen molar-refractivity contribution in [3.8, 4) is 22.4 Å². The highest BCUT2D eigenvalue weighted by atomic mass is 19.1. The fourth-order valence-electron chi connectivity index (χ4n) is 1.85. The fourth-order valence-corrected chi connectivity index (χ4v) is 1.85. The van der Waals surface area contributed by atoms with E-state index in [2.05, 4.69) is 5.16 Å². The Bertz CT molecular complexity index is 720. The second-order valence-electron chi connectivity index (χ2n) is 3.91. The Morgan fingerprint density at radius 1 is 1.16 bits per heavy atom. The first-order valence-corrected chi connectivity index (χ1v) is 5.40. The quantitative estimate of drug-likeness (QED) is 0.768. The summed E-state index contributed by atoms with van der Waals surface area (Å²) in [6.07, 6.45) is 2.88. The average molecular weight is 262 g/mol. The predicted molar refractivity (Wildman–Crippen MR) is 64.0 cm³/mol. The molecule has 2 N–H and O–H groups in total. The molecule has 2 aromatic heterocycles. The maximum atomic E-state index is 13.8. The molecule has 0 saturated heterocycles. The van der Waals surface area contributed by atoms with E-state index in [0.717, 1.165) is 12.1 Å². The molecule has 6 heteroatoms. The van der Waals surface area contributed by atoms with Crippen LogP contribution in [0.1, 0.15) is 0 Å². The summed E-state index contributed by atoms with van der Waals surface area (Å²) in [5.74, 6) is -1.44. The lowest BCUT2D eigenvalue weighted by atomic mass is 10.0. The van der Waals surface area contributed by atoms with Gasteiger partial charge in [0.05, 0.1) is 18.1 Å². The Balaban J connectivity index is 2.22. The first-order valence-electron chi connectivity index (χ1n) is 5.40. The van der Waals surface area contributed by atoms with Gasteiger partial charge < -0.3 is 14.7 Å². The van der Waals surface area contributed by atoms with Crippen molar-refractivity contribution < 1.29 is 17.7 Å². The number of anilines is 1. The Kier molecular flexibility index (Phi) is 2.56. The number of nitrogens with zero attached hydrogens (tertiary/aromatic N) is 1. The Hall–Kier alpha value is -2.63. The highest BCUT2D eigenvalue weighted by Crippen LogP contribution is 2.37. The monoisotopic (exact) mass is 262 g/mol.